The fourth-order valence-corrected chi connectivity index (χ4v) is 5.08. The zero-order chi connectivity index (χ0) is 20.7. The molecular weight excluding hydrogens is 383 g/mol. The van der Waals surface area contributed by atoms with Crippen molar-refractivity contribution in [2.75, 3.05) is 26.2 Å². The van der Waals surface area contributed by atoms with Crippen molar-refractivity contribution in [3.63, 3.8) is 0 Å². The van der Waals surface area contributed by atoms with Gasteiger partial charge in [-0.05, 0) is 69.2 Å². The first kappa shape index (κ1) is 19.3. The summed E-state index contributed by atoms with van der Waals surface area (Å²) in [5.74, 6) is -0.0259. The molecule has 1 aromatic carbocycles. The van der Waals surface area contributed by atoms with Crippen molar-refractivity contribution in [1.29, 1.82) is 0 Å². The molecule has 7 heteroatoms. The largest absolute Gasteiger partial charge is 0.342 e. The molecule has 2 saturated heterocycles. The number of aromatic nitrogens is 2. The van der Waals surface area contributed by atoms with Gasteiger partial charge in [-0.2, -0.15) is 5.10 Å². The molecule has 5 rings (SSSR count). The third-order valence-electron chi connectivity index (χ3n) is 6.75. The smallest absolute Gasteiger partial charge is 0.274 e. The molecule has 158 valence electrons. The van der Waals surface area contributed by atoms with Crippen LogP contribution in [0, 0.1) is 11.7 Å². The second-order valence-corrected chi connectivity index (χ2v) is 8.61. The van der Waals surface area contributed by atoms with Crippen LogP contribution >= 0.6 is 0 Å². The van der Waals surface area contributed by atoms with Crippen molar-refractivity contribution < 1.29 is 14.0 Å². The maximum atomic E-state index is 13.3. The van der Waals surface area contributed by atoms with Gasteiger partial charge < -0.3 is 9.80 Å². The fraction of sp³-hybridized carbons (Fsp3) is 0.522. The summed E-state index contributed by atoms with van der Waals surface area (Å²) in [6, 6.07) is 6.24. The maximum absolute atomic E-state index is 13.3. The maximum Gasteiger partial charge on any atom is 0.274 e. The number of likely N-dealkylation sites (tertiary alicyclic amines) is 2. The van der Waals surface area contributed by atoms with Gasteiger partial charge in [-0.1, -0.05) is 0 Å². The number of amides is 2. The highest BCUT2D eigenvalue weighted by atomic mass is 19.1. The van der Waals surface area contributed by atoms with E-state index in [0.717, 1.165) is 75.0 Å². The van der Waals surface area contributed by atoms with Crippen LogP contribution in [0.15, 0.2) is 24.3 Å². The van der Waals surface area contributed by atoms with E-state index in [9.17, 15) is 14.0 Å². The Morgan fingerprint density at radius 3 is 2.30 bits per heavy atom. The Morgan fingerprint density at radius 2 is 1.60 bits per heavy atom. The average molecular weight is 410 g/mol. The number of carbonyl (C=O) groups excluding carboxylic acids is 2. The van der Waals surface area contributed by atoms with Gasteiger partial charge in [-0.3, -0.25) is 9.59 Å². The van der Waals surface area contributed by atoms with Gasteiger partial charge in [-0.25, -0.2) is 9.07 Å². The summed E-state index contributed by atoms with van der Waals surface area (Å²) in [7, 11) is 0. The number of halogens is 1. The number of rotatable bonds is 3. The second-order valence-electron chi connectivity index (χ2n) is 8.61. The third kappa shape index (κ3) is 3.40. The molecule has 0 spiro atoms. The van der Waals surface area contributed by atoms with E-state index < -0.39 is 0 Å². The van der Waals surface area contributed by atoms with E-state index in [0.29, 0.717) is 18.8 Å². The van der Waals surface area contributed by atoms with E-state index in [1.807, 2.05) is 9.80 Å². The number of piperidine rings is 1. The molecule has 0 atom stereocenters. The Hall–Kier alpha value is -2.70. The number of fused-ring (bicyclic) bond motifs is 1. The fourth-order valence-electron chi connectivity index (χ4n) is 5.08. The highest BCUT2D eigenvalue weighted by Crippen LogP contribution is 2.30. The van der Waals surface area contributed by atoms with Crippen molar-refractivity contribution in [1.82, 2.24) is 19.6 Å². The summed E-state index contributed by atoms with van der Waals surface area (Å²) in [6.07, 6.45) is 6.38. The first-order chi connectivity index (χ1) is 14.6. The quantitative estimate of drug-likeness (QED) is 0.782. The molecule has 0 bridgehead atoms. The van der Waals surface area contributed by atoms with Gasteiger partial charge in [0, 0.05) is 43.4 Å². The lowest BCUT2D eigenvalue weighted by atomic mass is 9.95. The van der Waals surface area contributed by atoms with Crippen molar-refractivity contribution >= 4 is 11.8 Å². The molecule has 2 amide bonds. The minimum atomic E-state index is -0.287. The standard InChI is InChI=1S/C23H27FN4O2/c24-17-6-8-18(9-7-17)28-20-5-3-4-19(20)21(25-28)23(30)27-14-10-16(11-15-27)22(29)26-12-1-2-13-26/h6-9,16H,1-5,10-15H2. The lowest BCUT2D eigenvalue weighted by Crippen LogP contribution is -2.44. The monoisotopic (exact) mass is 410 g/mol. The van der Waals surface area contributed by atoms with Crippen LogP contribution in [-0.2, 0) is 17.6 Å². The molecule has 6 nitrogen and oxygen atoms in total. The molecule has 1 aliphatic carbocycles. The van der Waals surface area contributed by atoms with E-state index in [1.54, 1.807) is 16.8 Å². The molecule has 2 aromatic rings. The van der Waals surface area contributed by atoms with Crippen LogP contribution < -0.4 is 0 Å². The molecule has 2 aliphatic heterocycles. The molecule has 30 heavy (non-hydrogen) atoms. The van der Waals surface area contributed by atoms with Crippen LogP contribution in [-0.4, -0.2) is 57.6 Å². The first-order valence-corrected chi connectivity index (χ1v) is 11.1. The van der Waals surface area contributed by atoms with Gasteiger partial charge >= 0.3 is 0 Å². The molecule has 0 radical (unpaired) electrons. The van der Waals surface area contributed by atoms with Gasteiger partial charge in [0.15, 0.2) is 5.69 Å². The van der Waals surface area contributed by atoms with Gasteiger partial charge in [-0.15, -0.1) is 0 Å². The minimum Gasteiger partial charge on any atom is -0.342 e. The number of nitrogens with zero attached hydrogens (tertiary/aromatic N) is 4. The van der Waals surface area contributed by atoms with Gasteiger partial charge in [0.25, 0.3) is 5.91 Å². The van der Waals surface area contributed by atoms with Crippen LogP contribution in [0.3, 0.4) is 0 Å². The predicted molar refractivity (Wildman–Crippen MR) is 110 cm³/mol. The van der Waals surface area contributed by atoms with E-state index in [2.05, 4.69) is 5.10 Å². The Kier molecular flexibility index (Phi) is 5.05. The lowest BCUT2D eigenvalue weighted by Gasteiger charge is -2.33. The van der Waals surface area contributed by atoms with Crippen molar-refractivity contribution in [2.24, 2.45) is 5.92 Å². The molecule has 3 heterocycles. The van der Waals surface area contributed by atoms with Crippen LogP contribution in [0.25, 0.3) is 5.69 Å². The van der Waals surface area contributed by atoms with E-state index >= 15 is 0 Å². The zero-order valence-electron chi connectivity index (χ0n) is 17.1. The van der Waals surface area contributed by atoms with E-state index in [-0.39, 0.29) is 23.5 Å². The predicted octanol–water partition coefficient (Wildman–Crippen LogP) is 2.97. The van der Waals surface area contributed by atoms with Crippen molar-refractivity contribution in [3.05, 3.63) is 47.0 Å². The third-order valence-corrected chi connectivity index (χ3v) is 6.75. The van der Waals surface area contributed by atoms with Gasteiger partial charge in [0.05, 0.1) is 5.69 Å². The van der Waals surface area contributed by atoms with Crippen molar-refractivity contribution in [3.8, 4) is 5.69 Å². The number of carbonyl (C=O) groups is 2. The van der Waals surface area contributed by atoms with E-state index in [4.69, 9.17) is 0 Å². The van der Waals surface area contributed by atoms with Gasteiger partial charge in [0.2, 0.25) is 5.91 Å². The molecule has 0 N–H and O–H groups in total. The molecule has 2 fully saturated rings. The van der Waals surface area contributed by atoms with Crippen LogP contribution in [0.2, 0.25) is 0 Å². The molecule has 3 aliphatic rings. The first-order valence-electron chi connectivity index (χ1n) is 11.1. The topological polar surface area (TPSA) is 58.4 Å². The van der Waals surface area contributed by atoms with Gasteiger partial charge in [0.1, 0.15) is 5.82 Å². The summed E-state index contributed by atoms with van der Waals surface area (Å²) >= 11 is 0. The Bertz CT molecular complexity index is 954. The summed E-state index contributed by atoms with van der Waals surface area (Å²) < 4.78 is 15.1. The minimum absolute atomic E-state index is 0.0367. The summed E-state index contributed by atoms with van der Waals surface area (Å²) in [5, 5.41) is 4.65. The second kappa shape index (κ2) is 7.85. The average Bonchev–Trinajstić information content (AvgIpc) is 3.52. The summed E-state index contributed by atoms with van der Waals surface area (Å²) in [6.45, 7) is 2.96. The highest BCUT2D eigenvalue weighted by molar-refractivity contribution is 5.94. The summed E-state index contributed by atoms with van der Waals surface area (Å²) in [4.78, 5) is 29.8. The van der Waals surface area contributed by atoms with Crippen LogP contribution in [0.4, 0.5) is 4.39 Å². The molecule has 1 aromatic heterocycles. The molecule has 0 unspecified atom stereocenters. The van der Waals surface area contributed by atoms with Crippen LogP contribution in [0.5, 0.6) is 0 Å². The Morgan fingerprint density at radius 1 is 0.900 bits per heavy atom. The molecule has 0 saturated carbocycles. The van der Waals surface area contributed by atoms with E-state index in [1.165, 1.54) is 12.1 Å². The normalized spacial score (nSPS) is 19.4. The Balaban J connectivity index is 1.32. The number of hydrogen-bond acceptors (Lipinski definition) is 3. The number of benzene rings is 1. The highest BCUT2D eigenvalue weighted by Gasteiger charge is 2.34. The Labute approximate surface area is 175 Å². The SMILES string of the molecule is O=C(c1nn(-c2ccc(F)cc2)c2c1CCC2)N1CCC(C(=O)N2CCCC2)CC1. The lowest BCUT2D eigenvalue weighted by molar-refractivity contribution is -0.135. The van der Waals surface area contributed by atoms with Crippen LogP contribution in [0.1, 0.15) is 53.8 Å². The van der Waals surface area contributed by atoms with Crippen molar-refractivity contribution in [2.45, 2.75) is 44.9 Å². The zero-order valence-corrected chi connectivity index (χ0v) is 17.1. The molecular formula is C23H27FN4O2. The summed E-state index contributed by atoms with van der Waals surface area (Å²) in [5.41, 5.74) is 3.39. The number of hydrogen-bond donors (Lipinski definition) is 0.